The Labute approximate surface area is 145 Å². The minimum atomic E-state index is -3.27. The van der Waals surface area contributed by atoms with E-state index in [2.05, 4.69) is 11.9 Å². The van der Waals surface area contributed by atoms with Gasteiger partial charge in [-0.3, -0.25) is 4.79 Å². The van der Waals surface area contributed by atoms with Crippen LogP contribution in [-0.4, -0.2) is 92.7 Å². The number of rotatable bonds is 4. The third-order valence-electron chi connectivity index (χ3n) is 5.19. The van der Waals surface area contributed by atoms with Crippen LogP contribution in [0.4, 0.5) is 0 Å². The first-order valence-corrected chi connectivity index (χ1v) is 10.5. The maximum Gasteiger partial charge on any atom is 0.228 e. The summed E-state index contributed by atoms with van der Waals surface area (Å²) in [5.41, 5.74) is 0. The lowest BCUT2D eigenvalue weighted by molar-refractivity contribution is -0.139. The Morgan fingerprint density at radius 2 is 1.83 bits per heavy atom. The molecule has 3 rings (SSSR count). The number of hydrogen-bond acceptors (Lipinski definition) is 5. The van der Waals surface area contributed by atoms with Crippen molar-refractivity contribution in [1.82, 2.24) is 14.1 Å². The van der Waals surface area contributed by atoms with Gasteiger partial charge in [-0.05, 0) is 19.4 Å². The molecule has 0 aromatic rings. The number of hydrogen-bond donors (Lipinski definition) is 0. The minimum absolute atomic E-state index is 0.0956. The van der Waals surface area contributed by atoms with Crippen LogP contribution in [0.15, 0.2) is 0 Å². The van der Waals surface area contributed by atoms with Gasteiger partial charge in [0.25, 0.3) is 0 Å². The Kier molecular flexibility index (Phi) is 5.20. The zero-order chi connectivity index (χ0) is 17.5. The van der Waals surface area contributed by atoms with Crippen molar-refractivity contribution in [3.8, 4) is 0 Å². The fraction of sp³-hybridized carbons (Fsp3) is 0.938. The molecule has 2 bridgehead atoms. The molecule has 1 amide bonds. The number of sulfonamides is 1. The quantitative estimate of drug-likeness (QED) is 0.697. The number of piperazine rings is 1. The SMILES string of the molecule is CC(C)CS(=O)(=O)N1C[C@H]2C[C@H](C(=O)N3CCN(C)CC3)[C@@H](C1)O2. The van der Waals surface area contributed by atoms with Gasteiger partial charge in [0.1, 0.15) is 0 Å². The molecule has 3 aliphatic heterocycles. The van der Waals surface area contributed by atoms with Crippen LogP contribution in [0.3, 0.4) is 0 Å². The first kappa shape index (κ1) is 18.1. The number of ether oxygens (including phenoxy) is 1. The average Bonchev–Trinajstić information content (AvgIpc) is 2.80. The molecule has 0 N–H and O–H groups in total. The number of likely N-dealkylation sites (N-methyl/N-ethyl adjacent to an activating group) is 1. The second kappa shape index (κ2) is 6.90. The molecule has 7 nitrogen and oxygen atoms in total. The van der Waals surface area contributed by atoms with Gasteiger partial charge in [-0.15, -0.1) is 0 Å². The number of carbonyl (C=O) groups is 1. The highest BCUT2D eigenvalue weighted by Crippen LogP contribution is 2.34. The van der Waals surface area contributed by atoms with E-state index in [-0.39, 0.29) is 35.7 Å². The third-order valence-corrected chi connectivity index (χ3v) is 7.37. The van der Waals surface area contributed by atoms with Gasteiger partial charge in [0.2, 0.25) is 15.9 Å². The van der Waals surface area contributed by atoms with E-state index in [0.29, 0.717) is 19.5 Å². The van der Waals surface area contributed by atoms with Crippen LogP contribution in [0, 0.1) is 11.8 Å². The van der Waals surface area contributed by atoms with Crippen molar-refractivity contribution in [2.45, 2.75) is 32.5 Å². The third kappa shape index (κ3) is 3.76. The van der Waals surface area contributed by atoms with Gasteiger partial charge in [-0.1, -0.05) is 13.8 Å². The van der Waals surface area contributed by atoms with Gasteiger partial charge >= 0.3 is 0 Å². The van der Waals surface area contributed by atoms with Crippen LogP contribution >= 0.6 is 0 Å². The molecule has 24 heavy (non-hydrogen) atoms. The summed E-state index contributed by atoms with van der Waals surface area (Å²) >= 11 is 0. The smallest absolute Gasteiger partial charge is 0.228 e. The first-order valence-electron chi connectivity index (χ1n) is 8.87. The zero-order valence-electron chi connectivity index (χ0n) is 14.8. The van der Waals surface area contributed by atoms with Gasteiger partial charge in [0, 0.05) is 39.3 Å². The van der Waals surface area contributed by atoms with Gasteiger partial charge in [0.15, 0.2) is 0 Å². The Morgan fingerprint density at radius 1 is 1.17 bits per heavy atom. The normalized spacial score (nSPS) is 32.5. The predicted molar refractivity (Wildman–Crippen MR) is 91.0 cm³/mol. The first-order chi connectivity index (χ1) is 11.3. The Bertz CT molecular complexity index is 572. The second-order valence-corrected chi connectivity index (χ2v) is 9.77. The maximum atomic E-state index is 12.8. The minimum Gasteiger partial charge on any atom is -0.371 e. The molecule has 3 aliphatic rings. The van der Waals surface area contributed by atoms with Crippen LogP contribution in [0.1, 0.15) is 20.3 Å². The Morgan fingerprint density at radius 3 is 2.46 bits per heavy atom. The molecule has 3 atom stereocenters. The maximum absolute atomic E-state index is 12.8. The van der Waals surface area contributed by atoms with E-state index in [9.17, 15) is 13.2 Å². The number of amides is 1. The average molecular weight is 359 g/mol. The zero-order valence-corrected chi connectivity index (χ0v) is 15.7. The monoisotopic (exact) mass is 359 g/mol. The molecule has 138 valence electrons. The molecule has 3 heterocycles. The summed E-state index contributed by atoms with van der Waals surface area (Å²) in [5, 5.41) is 0. The van der Waals surface area contributed by atoms with Crippen molar-refractivity contribution in [2.24, 2.45) is 11.8 Å². The highest BCUT2D eigenvalue weighted by Gasteiger charge is 2.48. The fourth-order valence-electron chi connectivity index (χ4n) is 3.90. The van der Waals surface area contributed by atoms with Crippen molar-refractivity contribution in [3.63, 3.8) is 0 Å². The molecule has 3 fully saturated rings. The summed E-state index contributed by atoms with van der Waals surface area (Å²) in [6.07, 6.45) is 0.203. The Hall–Kier alpha value is -0.700. The molecular formula is C16H29N3O4S. The van der Waals surface area contributed by atoms with E-state index in [0.717, 1.165) is 26.2 Å². The summed E-state index contributed by atoms with van der Waals surface area (Å²) in [4.78, 5) is 17.0. The van der Waals surface area contributed by atoms with Crippen LogP contribution in [-0.2, 0) is 19.6 Å². The Balaban J connectivity index is 1.65. The van der Waals surface area contributed by atoms with E-state index in [1.807, 2.05) is 18.7 Å². The molecule has 0 aromatic heterocycles. The molecule has 0 aromatic carbocycles. The van der Waals surface area contributed by atoms with E-state index < -0.39 is 10.0 Å². The molecule has 0 spiro atoms. The van der Waals surface area contributed by atoms with Crippen molar-refractivity contribution < 1.29 is 17.9 Å². The summed E-state index contributed by atoms with van der Waals surface area (Å²) < 4.78 is 32.5. The number of nitrogens with zero attached hydrogens (tertiary/aromatic N) is 3. The number of fused-ring (bicyclic) bond motifs is 2. The lowest BCUT2D eigenvalue weighted by Gasteiger charge is -2.35. The van der Waals surface area contributed by atoms with Crippen molar-refractivity contribution in [3.05, 3.63) is 0 Å². The molecule has 8 heteroatoms. The van der Waals surface area contributed by atoms with E-state index in [1.54, 1.807) is 4.31 Å². The molecule has 0 aliphatic carbocycles. The standard InChI is InChI=1S/C16H29N3O4S/c1-12(2)11-24(21,22)19-9-13-8-14(15(10-19)23-13)16(20)18-6-4-17(3)5-7-18/h12-15H,4-11H2,1-3H3/t13-,14+,15-/m1/s1. The van der Waals surface area contributed by atoms with Gasteiger partial charge in [-0.25, -0.2) is 8.42 Å². The number of morpholine rings is 1. The van der Waals surface area contributed by atoms with Crippen molar-refractivity contribution in [1.29, 1.82) is 0 Å². The lowest BCUT2D eigenvalue weighted by atomic mass is 9.98. The van der Waals surface area contributed by atoms with Crippen LogP contribution in [0.25, 0.3) is 0 Å². The van der Waals surface area contributed by atoms with E-state index in [1.165, 1.54) is 0 Å². The van der Waals surface area contributed by atoms with E-state index >= 15 is 0 Å². The van der Waals surface area contributed by atoms with Gasteiger partial charge in [-0.2, -0.15) is 4.31 Å². The van der Waals surface area contributed by atoms with Crippen LogP contribution < -0.4 is 0 Å². The summed E-state index contributed by atoms with van der Waals surface area (Å²) in [7, 11) is -1.21. The molecule has 3 saturated heterocycles. The summed E-state index contributed by atoms with van der Waals surface area (Å²) in [6.45, 7) is 7.80. The second-order valence-electron chi connectivity index (χ2n) is 7.76. The van der Waals surface area contributed by atoms with Crippen molar-refractivity contribution >= 4 is 15.9 Å². The fourth-order valence-corrected chi connectivity index (χ4v) is 5.72. The van der Waals surface area contributed by atoms with Gasteiger partial charge in [0.05, 0.1) is 23.9 Å². The summed E-state index contributed by atoms with van der Waals surface area (Å²) in [6, 6.07) is 0. The highest BCUT2D eigenvalue weighted by molar-refractivity contribution is 7.89. The molecule has 0 unspecified atom stereocenters. The van der Waals surface area contributed by atoms with Crippen molar-refractivity contribution in [2.75, 3.05) is 52.1 Å². The predicted octanol–water partition coefficient (Wildman–Crippen LogP) is -0.164. The van der Waals surface area contributed by atoms with Crippen LogP contribution in [0.5, 0.6) is 0 Å². The van der Waals surface area contributed by atoms with Crippen LogP contribution in [0.2, 0.25) is 0 Å². The number of carbonyl (C=O) groups excluding carboxylic acids is 1. The summed E-state index contributed by atoms with van der Waals surface area (Å²) in [5.74, 6) is 0.193. The molecule has 0 radical (unpaired) electrons. The van der Waals surface area contributed by atoms with Gasteiger partial charge < -0.3 is 14.5 Å². The molecule has 0 saturated carbocycles. The highest BCUT2D eigenvalue weighted by atomic mass is 32.2. The largest absolute Gasteiger partial charge is 0.371 e. The lowest BCUT2D eigenvalue weighted by Crippen LogP contribution is -2.52. The topological polar surface area (TPSA) is 70.2 Å². The molecular weight excluding hydrogens is 330 g/mol. The van der Waals surface area contributed by atoms with E-state index in [4.69, 9.17) is 4.74 Å².